The van der Waals surface area contributed by atoms with Crippen LogP contribution in [0.2, 0.25) is 0 Å². The maximum absolute atomic E-state index is 12.6. The minimum absolute atomic E-state index is 0.0368. The van der Waals surface area contributed by atoms with E-state index in [0.717, 1.165) is 4.90 Å². The summed E-state index contributed by atoms with van der Waals surface area (Å²) in [5, 5.41) is 21.1. The summed E-state index contributed by atoms with van der Waals surface area (Å²) >= 11 is 7.12. The van der Waals surface area contributed by atoms with Crippen molar-refractivity contribution in [3.05, 3.63) is 34.5 Å². The Balaban J connectivity index is 1.74. The highest BCUT2D eigenvalue weighted by atomic mass is 35.5. The predicted molar refractivity (Wildman–Crippen MR) is 114 cm³/mol. The van der Waals surface area contributed by atoms with Crippen LogP contribution in [0.1, 0.15) is 18.5 Å². The van der Waals surface area contributed by atoms with Crippen molar-refractivity contribution in [1.29, 1.82) is 0 Å². The lowest BCUT2D eigenvalue weighted by Gasteiger charge is -2.48. The van der Waals surface area contributed by atoms with Gasteiger partial charge >= 0.3 is 5.97 Å². The quantitative estimate of drug-likeness (QED) is 0.261. The minimum Gasteiger partial charge on any atom is -0.506 e. The number of amides is 2. The topological polar surface area (TPSA) is 179 Å². The van der Waals surface area contributed by atoms with E-state index in [1.165, 1.54) is 36.9 Å². The fourth-order valence-electron chi connectivity index (χ4n) is 3.05. The van der Waals surface area contributed by atoms with Crippen molar-refractivity contribution in [3.63, 3.8) is 0 Å². The zero-order valence-electron chi connectivity index (χ0n) is 16.0. The molecular weight excluding hydrogens is 472 g/mol. The van der Waals surface area contributed by atoms with E-state index < -0.39 is 45.3 Å². The number of carboxylic acid groups (broad SMARTS) is 1. The molecule has 0 spiro atoms. The SMILES string of the molecule is CCS(=O)(=O)Nc1cc([C@@H](N)C(=O)N[C@@H]2C(=O)N3C(C(=O)O)=C(Cl)CS[C@H]23)ccc1O. The number of aliphatic carboxylic acids is 1. The van der Waals surface area contributed by atoms with Crippen molar-refractivity contribution in [2.45, 2.75) is 24.4 Å². The Hall–Kier alpha value is -2.48. The molecule has 6 N–H and O–H groups in total. The first-order chi connectivity index (χ1) is 14.5. The van der Waals surface area contributed by atoms with Crippen molar-refractivity contribution in [3.8, 4) is 5.75 Å². The molecule has 2 amide bonds. The van der Waals surface area contributed by atoms with E-state index in [2.05, 4.69) is 10.0 Å². The molecule has 0 saturated carbocycles. The third-order valence-electron chi connectivity index (χ3n) is 4.73. The van der Waals surface area contributed by atoms with Crippen LogP contribution in [0.5, 0.6) is 5.75 Å². The molecule has 168 valence electrons. The van der Waals surface area contributed by atoms with Crippen LogP contribution in [-0.4, -0.2) is 64.2 Å². The lowest BCUT2D eigenvalue weighted by molar-refractivity contribution is -0.150. The molecule has 3 atom stereocenters. The normalized spacial score (nSPS) is 21.8. The van der Waals surface area contributed by atoms with E-state index in [-0.39, 0.29) is 39.2 Å². The molecule has 1 fully saturated rings. The number of nitrogens with one attached hydrogen (secondary N) is 2. The third-order valence-corrected chi connectivity index (χ3v) is 7.77. The summed E-state index contributed by atoms with van der Waals surface area (Å²) in [5.41, 5.74) is 5.71. The zero-order valence-corrected chi connectivity index (χ0v) is 18.4. The number of hydrogen-bond acceptors (Lipinski definition) is 8. The minimum atomic E-state index is -3.68. The fourth-order valence-corrected chi connectivity index (χ4v) is 5.24. The van der Waals surface area contributed by atoms with Crippen molar-refractivity contribution >= 4 is 56.9 Å². The van der Waals surface area contributed by atoms with Gasteiger partial charge in [0.25, 0.3) is 5.91 Å². The van der Waals surface area contributed by atoms with E-state index in [1.807, 2.05) is 0 Å². The van der Waals surface area contributed by atoms with Crippen molar-refractivity contribution < 1.29 is 33.0 Å². The van der Waals surface area contributed by atoms with Crippen LogP contribution in [0, 0.1) is 0 Å². The summed E-state index contributed by atoms with van der Waals surface area (Å²) in [6, 6.07) is 1.49. The van der Waals surface area contributed by atoms with E-state index >= 15 is 0 Å². The largest absolute Gasteiger partial charge is 0.506 e. The molecule has 2 aliphatic rings. The summed E-state index contributed by atoms with van der Waals surface area (Å²) in [6.07, 6.45) is 0. The van der Waals surface area contributed by atoms with Crippen LogP contribution in [0.15, 0.2) is 28.9 Å². The number of nitrogens with two attached hydrogens (primary N) is 1. The molecule has 2 heterocycles. The fraction of sp³-hybridized carbons (Fsp3) is 0.353. The van der Waals surface area contributed by atoms with E-state index in [1.54, 1.807) is 0 Å². The highest BCUT2D eigenvalue weighted by molar-refractivity contribution is 8.00. The number of anilines is 1. The van der Waals surface area contributed by atoms with Gasteiger partial charge in [0.1, 0.15) is 28.9 Å². The molecule has 3 rings (SSSR count). The van der Waals surface area contributed by atoms with E-state index in [4.69, 9.17) is 17.3 Å². The smallest absolute Gasteiger partial charge is 0.353 e. The number of phenolic OH excluding ortho intramolecular Hbond substituents is 1. The number of aromatic hydroxyl groups is 1. The monoisotopic (exact) mass is 490 g/mol. The molecule has 1 saturated heterocycles. The first-order valence-corrected chi connectivity index (χ1v) is 12.0. The lowest BCUT2D eigenvalue weighted by atomic mass is 10.0. The molecule has 0 aromatic heterocycles. The van der Waals surface area contributed by atoms with Gasteiger partial charge in [0, 0.05) is 5.75 Å². The highest BCUT2D eigenvalue weighted by Crippen LogP contribution is 2.41. The molecule has 14 heteroatoms. The van der Waals surface area contributed by atoms with Gasteiger partial charge in [0.15, 0.2) is 0 Å². The van der Waals surface area contributed by atoms with Gasteiger partial charge in [0.2, 0.25) is 15.9 Å². The second kappa shape index (κ2) is 8.57. The number of β-lactam (4-membered cyclic amide) rings is 1. The molecule has 2 aliphatic heterocycles. The van der Waals surface area contributed by atoms with Gasteiger partial charge < -0.3 is 21.3 Å². The van der Waals surface area contributed by atoms with E-state index in [0.29, 0.717) is 0 Å². The van der Waals surface area contributed by atoms with Gasteiger partial charge in [-0.25, -0.2) is 13.2 Å². The summed E-state index contributed by atoms with van der Waals surface area (Å²) in [7, 11) is -3.68. The number of fused-ring (bicyclic) bond motifs is 1. The Labute approximate surface area is 186 Å². The zero-order chi connectivity index (χ0) is 23.1. The predicted octanol–water partition coefficient (Wildman–Crippen LogP) is 0.0885. The maximum atomic E-state index is 12.6. The average Bonchev–Trinajstić information content (AvgIpc) is 2.72. The average molecular weight is 491 g/mol. The van der Waals surface area contributed by atoms with Crippen LogP contribution >= 0.6 is 23.4 Å². The van der Waals surface area contributed by atoms with Gasteiger partial charge in [-0.3, -0.25) is 19.2 Å². The van der Waals surface area contributed by atoms with Crippen LogP contribution in [0.25, 0.3) is 0 Å². The van der Waals surface area contributed by atoms with Crippen molar-refractivity contribution in [2.75, 3.05) is 16.2 Å². The van der Waals surface area contributed by atoms with Crippen molar-refractivity contribution in [1.82, 2.24) is 10.2 Å². The Morgan fingerprint density at radius 3 is 2.71 bits per heavy atom. The molecule has 1 aromatic carbocycles. The number of thioether (sulfide) groups is 1. The number of hydrogen-bond donors (Lipinski definition) is 5. The highest BCUT2D eigenvalue weighted by Gasteiger charge is 2.54. The molecule has 0 radical (unpaired) electrons. The molecular formula is C17H19ClN4O7S2. The van der Waals surface area contributed by atoms with Crippen LogP contribution in [-0.2, 0) is 24.4 Å². The molecule has 31 heavy (non-hydrogen) atoms. The summed E-state index contributed by atoms with van der Waals surface area (Å²) in [5.74, 6) is -3.09. The standard InChI is InChI=1S/C17H19ClN4O7S2/c1-2-31(28,29)21-9-5-7(3-4-10(9)23)11(19)14(24)20-12-15(25)22-13(17(26)27)8(18)6-30-16(12)22/h3-5,11-12,16,21,23H,2,6,19H2,1H3,(H,20,24)(H,26,27)/t11-,12-,16-/m1/s1. The molecule has 0 bridgehead atoms. The number of carbonyl (C=O) groups excluding carboxylic acids is 2. The molecule has 11 nitrogen and oxygen atoms in total. The van der Waals surface area contributed by atoms with Gasteiger partial charge in [-0.2, -0.15) is 0 Å². The van der Waals surface area contributed by atoms with Gasteiger partial charge in [0.05, 0.1) is 16.5 Å². The van der Waals surface area contributed by atoms with Gasteiger partial charge in [-0.05, 0) is 24.6 Å². The van der Waals surface area contributed by atoms with Gasteiger partial charge in [-0.1, -0.05) is 17.7 Å². The number of rotatable bonds is 7. The maximum Gasteiger partial charge on any atom is 0.353 e. The second-order valence-electron chi connectivity index (χ2n) is 6.71. The number of nitrogens with zero attached hydrogens (tertiary/aromatic N) is 1. The Morgan fingerprint density at radius 1 is 1.42 bits per heavy atom. The first kappa shape index (κ1) is 23.2. The summed E-state index contributed by atoms with van der Waals surface area (Å²) < 4.78 is 25.7. The molecule has 0 aliphatic carbocycles. The third kappa shape index (κ3) is 4.44. The van der Waals surface area contributed by atoms with E-state index in [9.17, 15) is 33.0 Å². The Bertz CT molecular complexity index is 1090. The number of halogens is 1. The lowest BCUT2D eigenvalue weighted by Crippen LogP contribution is -2.70. The van der Waals surface area contributed by atoms with Crippen LogP contribution < -0.4 is 15.8 Å². The summed E-state index contributed by atoms with van der Waals surface area (Å²) in [6.45, 7) is 1.42. The molecule has 1 aromatic rings. The second-order valence-corrected chi connectivity index (χ2v) is 10.3. The Morgan fingerprint density at radius 2 is 2.10 bits per heavy atom. The van der Waals surface area contributed by atoms with Gasteiger partial charge in [-0.15, -0.1) is 11.8 Å². The summed E-state index contributed by atoms with van der Waals surface area (Å²) in [4.78, 5) is 37.4. The number of benzene rings is 1. The molecule has 0 unspecified atom stereocenters. The first-order valence-electron chi connectivity index (χ1n) is 8.92. The number of carboxylic acids is 1. The van der Waals surface area contributed by atoms with Crippen LogP contribution in [0.4, 0.5) is 5.69 Å². The number of sulfonamides is 1. The Kier molecular flexibility index (Phi) is 6.41. The number of phenols is 1. The van der Waals surface area contributed by atoms with Crippen LogP contribution in [0.3, 0.4) is 0 Å². The number of carbonyl (C=O) groups is 3. The van der Waals surface area contributed by atoms with Crippen molar-refractivity contribution in [2.24, 2.45) is 5.73 Å².